The second-order valence-corrected chi connectivity index (χ2v) is 5.91. The van der Waals surface area contributed by atoms with Crippen molar-refractivity contribution in [2.45, 2.75) is 33.7 Å². The van der Waals surface area contributed by atoms with Crippen molar-refractivity contribution in [2.24, 2.45) is 10.7 Å². The van der Waals surface area contributed by atoms with Gasteiger partial charge in [0.25, 0.3) is 0 Å². The zero-order valence-corrected chi connectivity index (χ0v) is 15.7. The first-order valence-corrected chi connectivity index (χ1v) is 7.49. The molecule has 0 radical (unpaired) electrons. The third-order valence-electron chi connectivity index (χ3n) is 3.03. The van der Waals surface area contributed by atoms with Crippen molar-refractivity contribution < 1.29 is 0 Å². The van der Waals surface area contributed by atoms with Crippen molar-refractivity contribution >= 4 is 47.0 Å². The van der Waals surface area contributed by atoms with E-state index in [4.69, 9.17) is 5.73 Å². The number of nitrogens with zero attached hydrogens (tertiary/aromatic N) is 2. The highest BCUT2D eigenvalue weighted by atomic mass is 127. The van der Waals surface area contributed by atoms with Crippen molar-refractivity contribution in [1.82, 2.24) is 4.98 Å². The van der Waals surface area contributed by atoms with Gasteiger partial charge in [-0.25, -0.2) is 9.98 Å². The molecule has 0 saturated carbocycles. The maximum atomic E-state index is 5.90. The summed E-state index contributed by atoms with van der Waals surface area (Å²) in [5, 5.41) is 4.17. The second kappa shape index (κ2) is 8.33. The summed E-state index contributed by atoms with van der Waals surface area (Å²) < 4.78 is 0. The van der Waals surface area contributed by atoms with E-state index in [9.17, 15) is 0 Å². The van der Waals surface area contributed by atoms with E-state index < -0.39 is 0 Å². The fourth-order valence-electron chi connectivity index (χ4n) is 1.89. The van der Waals surface area contributed by atoms with Gasteiger partial charge in [0, 0.05) is 10.6 Å². The number of hydrogen-bond acceptors (Lipinski definition) is 3. The van der Waals surface area contributed by atoms with Gasteiger partial charge >= 0.3 is 0 Å². The average Bonchev–Trinajstić information content (AvgIpc) is 2.75. The molecular weight excluding hydrogens is 395 g/mol. The number of guanidine groups is 1. The number of thiazole rings is 1. The predicted octanol–water partition coefficient (Wildman–Crippen LogP) is 3.87. The number of benzene rings is 1. The van der Waals surface area contributed by atoms with E-state index in [2.05, 4.69) is 34.3 Å². The lowest BCUT2D eigenvalue weighted by Gasteiger charge is -2.06. The summed E-state index contributed by atoms with van der Waals surface area (Å²) >= 11 is 1.67. The summed E-state index contributed by atoms with van der Waals surface area (Å²) in [5.74, 6) is 0.430. The Kier molecular flexibility index (Phi) is 7.10. The summed E-state index contributed by atoms with van der Waals surface area (Å²) in [6, 6.07) is 8.21. The first kappa shape index (κ1) is 17.9. The van der Waals surface area contributed by atoms with Gasteiger partial charge in [0.1, 0.15) is 0 Å². The number of nitrogens with one attached hydrogen (secondary N) is 1. The number of halogens is 1. The zero-order valence-electron chi connectivity index (χ0n) is 12.5. The third kappa shape index (κ3) is 5.28. The van der Waals surface area contributed by atoms with Gasteiger partial charge in [-0.3, -0.25) is 0 Å². The van der Waals surface area contributed by atoms with Crippen molar-refractivity contribution in [3.8, 4) is 0 Å². The van der Waals surface area contributed by atoms with Crippen molar-refractivity contribution in [2.75, 3.05) is 5.32 Å². The monoisotopic (exact) mass is 416 g/mol. The Labute approximate surface area is 146 Å². The van der Waals surface area contributed by atoms with Gasteiger partial charge in [0.15, 0.2) is 5.96 Å². The molecule has 1 aromatic heterocycles. The van der Waals surface area contributed by atoms with Crippen LogP contribution in [0, 0.1) is 13.8 Å². The minimum atomic E-state index is 0. The second-order valence-electron chi connectivity index (χ2n) is 4.62. The number of aliphatic imine (C=N–C) groups is 1. The molecule has 0 aliphatic rings. The Bertz CT molecular complexity index is 605. The molecule has 3 N–H and O–H groups in total. The lowest BCUT2D eigenvalue weighted by atomic mass is 10.1. The van der Waals surface area contributed by atoms with Crippen LogP contribution in [0.5, 0.6) is 0 Å². The van der Waals surface area contributed by atoms with E-state index >= 15 is 0 Å². The molecule has 4 nitrogen and oxygen atoms in total. The Morgan fingerprint density at radius 3 is 2.48 bits per heavy atom. The molecule has 6 heteroatoms. The number of aryl methyl sites for hydroxylation is 3. The Balaban J connectivity index is 0.00000220. The predicted molar refractivity (Wildman–Crippen MR) is 102 cm³/mol. The van der Waals surface area contributed by atoms with Crippen molar-refractivity contribution in [1.29, 1.82) is 0 Å². The molecule has 2 rings (SSSR count). The molecule has 114 valence electrons. The van der Waals surface area contributed by atoms with Crippen LogP contribution >= 0.6 is 35.3 Å². The molecule has 1 heterocycles. The van der Waals surface area contributed by atoms with Gasteiger partial charge in [-0.15, -0.1) is 35.3 Å². The average molecular weight is 416 g/mol. The molecule has 0 spiro atoms. The highest BCUT2D eigenvalue weighted by molar-refractivity contribution is 14.0. The molecular formula is C15H21IN4S. The van der Waals surface area contributed by atoms with Crippen LogP contribution in [0.2, 0.25) is 0 Å². The van der Waals surface area contributed by atoms with Crippen LogP contribution in [0.15, 0.2) is 29.3 Å². The molecule has 0 saturated heterocycles. The minimum absolute atomic E-state index is 0. The summed E-state index contributed by atoms with van der Waals surface area (Å²) in [7, 11) is 0. The summed E-state index contributed by atoms with van der Waals surface area (Å²) in [5.41, 5.74) is 9.21. The SMILES string of the molecule is CCc1ccc(NC(N)=NCc2sc(C)nc2C)cc1.I. The first-order valence-electron chi connectivity index (χ1n) is 6.67. The van der Waals surface area contributed by atoms with Gasteiger partial charge in [0.05, 0.1) is 17.2 Å². The van der Waals surface area contributed by atoms with Crippen molar-refractivity contribution in [3.63, 3.8) is 0 Å². The lowest BCUT2D eigenvalue weighted by molar-refractivity contribution is 1.05. The van der Waals surface area contributed by atoms with Crippen LogP contribution in [0.3, 0.4) is 0 Å². The standard InChI is InChI=1S/C15H20N4S.HI/c1-4-12-5-7-13(8-6-12)19-15(16)17-9-14-10(2)18-11(3)20-14;/h5-8H,4,9H2,1-3H3,(H3,16,17,19);1H. The molecule has 2 aromatic rings. The summed E-state index contributed by atoms with van der Waals surface area (Å²) in [6.45, 7) is 6.71. The number of aromatic nitrogens is 1. The molecule has 0 fully saturated rings. The molecule has 21 heavy (non-hydrogen) atoms. The quantitative estimate of drug-likeness (QED) is 0.452. The maximum absolute atomic E-state index is 5.90. The number of rotatable bonds is 4. The Hall–Kier alpha value is -1.15. The van der Waals surface area contributed by atoms with Crippen LogP contribution in [-0.2, 0) is 13.0 Å². The third-order valence-corrected chi connectivity index (χ3v) is 4.08. The van der Waals surface area contributed by atoms with E-state index in [1.165, 1.54) is 5.56 Å². The van der Waals surface area contributed by atoms with Gasteiger partial charge in [-0.2, -0.15) is 0 Å². The smallest absolute Gasteiger partial charge is 0.193 e. The first-order chi connectivity index (χ1) is 9.58. The van der Waals surface area contributed by atoms with E-state index in [1.54, 1.807) is 11.3 Å². The van der Waals surface area contributed by atoms with Crippen LogP contribution in [-0.4, -0.2) is 10.9 Å². The molecule has 0 aliphatic heterocycles. The topological polar surface area (TPSA) is 63.3 Å². The van der Waals surface area contributed by atoms with Gasteiger partial charge < -0.3 is 11.1 Å². The molecule has 0 amide bonds. The van der Waals surface area contributed by atoms with E-state index in [-0.39, 0.29) is 24.0 Å². The normalized spacial score (nSPS) is 11.1. The minimum Gasteiger partial charge on any atom is -0.370 e. The molecule has 0 atom stereocenters. The highest BCUT2D eigenvalue weighted by Gasteiger charge is 2.04. The zero-order chi connectivity index (χ0) is 14.5. The molecule has 1 aromatic carbocycles. The Morgan fingerprint density at radius 1 is 1.29 bits per heavy atom. The van der Waals surface area contributed by atoms with E-state index in [1.807, 2.05) is 26.0 Å². The van der Waals surface area contributed by atoms with Crippen LogP contribution < -0.4 is 11.1 Å². The van der Waals surface area contributed by atoms with Crippen LogP contribution in [0.4, 0.5) is 5.69 Å². The highest BCUT2D eigenvalue weighted by Crippen LogP contribution is 2.18. The van der Waals surface area contributed by atoms with E-state index in [0.29, 0.717) is 12.5 Å². The van der Waals surface area contributed by atoms with Gasteiger partial charge in [-0.05, 0) is 38.0 Å². The number of anilines is 1. The largest absolute Gasteiger partial charge is 0.370 e. The molecule has 0 unspecified atom stereocenters. The van der Waals surface area contributed by atoms with Crippen molar-refractivity contribution in [3.05, 3.63) is 45.4 Å². The van der Waals surface area contributed by atoms with E-state index in [0.717, 1.165) is 27.7 Å². The van der Waals surface area contributed by atoms with Crippen LogP contribution in [0.25, 0.3) is 0 Å². The number of nitrogens with two attached hydrogens (primary N) is 1. The van der Waals surface area contributed by atoms with Gasteiger partial charge in [0.2, 0.25) is 0 Å². The summed E-state index contributed by atoms with van der Waals surface area (Å²) in [6.07, 6.45) is 1.04. The van der Waals surface area contributed by atoms with Crippen LogP contribution in [0.1, 0.15) is 28.1 Å². The Morgan fingerprint density at radius 2 is 1.95 bits per heavy atom. The lowest BCUT2D eigenvalue weighted by Crippen LogP contribution is -2.22. The maximum Gasteiger partial charge on any atom is 0.193 e. The number of hydrogen-bond donors (Lipinski definition) is 2. The fraction of sp³-hybridized carbons (Fsp3) is 0.333. The fourth-order valence-corrected chi connectivity index (χ4v) is 2.75. The van der Waals surface area contributed by atoms with Gasteiger partial charge in [-0.1, -0.05) is 19.1 Å². The summed E-state index contributed by atoms with van der Waals surface area (Å²) in [4.78, 5) is 9.90. The molecule has 0 aliphatic carbocycles. The molecule has 0 bridgehead atoms.